The average molecular weight is 499 g/mol. The van der Waals surface area contributed by atoms with Crippen LogP contribution in [0.25, 0.3) is 0 Å². The van der Waals surface area contributed by atoms with Crippen LogP contribution in [-0.4, -0.2) is 28.4 Å². The molecule has 0 N–H and O–H groups in total. The molecule has 0 aromatic heterocycles. The first-order chi connectivity index (χ1) is 18.1. The van der Waals surface area contributed by atoms with Crippen LogP contribution in [0.3, 0.4) is 0 Å². The Hall–Kier alpha value is -4.12. The van der Waals surface area contributed by atoms with E-state index in [0.29, 0.717) is 0 Å². The van der Waals surface area contributed by atoms with Gasteiger partial charge in [-0.1, -0.05) is 24.3 Å². The van der Waals surface area contributed by atoms with Gasteiger partial charge < -0.3 is 23.7 Å². The van der Waals surface area contributed by atoms with Crippen molar-refractivity contribution in [3.8, 4) is 34.5 Å². The first-order valence-corrected chi connectivity index (χ1v) is 12.4. The highest BCUT2D eigenvalue weighted by Gasteiger charge is 2.07. The van der Waals surface area contributed by atoms with E-state index in [1.54, 1.807) is 28.4 Å². The molecule has 192 valence electrons. The highest BCUT2D eigenvalue weighted by molar-refractivity contribution is 5.42. The van der Waals surface area contributed by atoms with Crippen LogP contribution in [-0.2, 0) is 25.7 Å². The first-order valence-electron chi connectivity index (χ1n) is 12.4. The predicted octanol–water partition coefficient (Wildman–Crippen LogP) is 7.08. The SMILES string of the molecule is COc1ccc(CCc2cc(OC)cc(Oc3ccc(CCc4cc(OC)cc(OC)c4)cc3)c2)cc1. The number of hydrogen-bond acceptors (Lipinski definition) is 5. The van der Waals surface area contributed by atoms with E-state index in [2.05, 4.69) is 48.5 Å². The molecule has 5 nitrogen and oxygen atoms in total. The van der Waals surface area contributed by atoms with E-state index in [0.717, 1.165) is 65.7 Å². The smallest absolute Gasteiger partial charge is 0.131 e. The summed E-state index contributed by atoms with van der Waals surface area (Å²) < 4.78 is 27.7. The van der Waals surface area contributed by atoms with Gasteiger partial charge >= 0.3 is 0 Å². The lowest BCUT2D eigenvalue weighted by Gasteiger charge is -2.12. The fraction of sp³-hybridized carbons (Fsp3) is 0.250. The number of methoxy groups -OCH3 is 4. The van der Waals surface area contributed by atoms with Gasteiger partial charge in [0, 0.05) is 12.1 Å². The maximum atomic E-state index is 6.19. The van der Waals surface area contributed by atoms with E-state index in [-0.39, 0.29) is 0 Å². The zero-order valence-corrected chi connectivity index (χ0v) is 22.0. The van der Waals surface area contributed by atoms with Crippen molar-refractivity contribution in [2.45, 2.75) is 25.7 Å². The first kappa shape index (κ1) is 26.0. The van der Waals surface area contributed by atoms with Crippen molar-refractivity contribution < 1.29 is 23.7 Å². The molecule has 0 saturated heterocycles. The van der Waals surface area contributed by atoms with Crippen LogP contribution < -0.4 is 23.7 Å². The van der Waals surface area contributed by atoms with Crippen molar-refractivity contribution in [2.75, 3.05) is 28.4 Å². The Balaban J connectivity index is 1.38. The second kappa shape index (κ2) is 12.7. The highest BCUT2D eigenvalue weighted by atomic mass is 16.5. The molecular formula is C32H34O5. The predicted molar refractivity (Wildman–Crippen MR) is 147 cm³/mol. The minimum atomic E-state index is 0.764. The van der Waals surface area contributed by atoms with Crippen LogP contribution in [0, 0.1) is 0 Å². The summed E-state index contributed by atoms with van der Waals surface area (Å²) in [7, 11) is 6.70. The van der Waals surface area contributed by atoms with Gasteiger partial charge in [-0.25, -0.2) is 0 Å². The minimum absolute atomic E-state index is 0.764. The van der Waals surface area contributed by atoms with Gasteiger partial charge in [-0.15, -0.1) is 0 Å². The molecule has 0 fully saturated rings. The van der Waals surface area contributed by atoms with Crippen LogP contribution in [0.5, 0.6) is 34.5 Å². The molecule has 4 rings (SSSR count). The summed E-state index contributed by atoms with van der Waals surface area (Å²) >= 11 is 0. The Morgan fingerprint density at radius 3 is 1.14 bits per heavy atom. The van der Waals surface area contributed by atoms with E-state index < -0.39 is 0 Å². The monoisotopic (exact) mass is 498 g/mol. The van der Waals surface area contributed by atoms with Gasteiger partial charge in [-0.05, 0) is 96.5 Å². The van der Waals surface area contributed by atoms with Crippen molar-refractivity contribution in [3.05, 3.63) is 107 Å². The summed E-state index contributed by atoms with van der Waals surface area (Å²) in [6, 6.07) is 28.5. The minimum Gasteiger partial charge on any atom is -0.497 e. The summed E-state index contributed by atoms with van der Waals surface area (Å²) in [5, 5.41) is 0. The van der Waals surface area contributed by atoms with E-state index in [1.165, 1.54) is 16.7 Å². The Labute approximate surface area is 219 Å². The van der Waals surface area contributed by atoms with Gasteiger partial charge in [-0.3, -0.25) is 0 Å². The third-order valence-electron chi connectivity index (χ3n) is 6.31. The normalized spacial score (nSPS) is 10.6. The van der Waals surface area contributed by atoms with Crippen molar-refractivity contribution in [1.29, 1.82) is 0 Å². The van der Waals surface area contributed by atoms with Gasteiger partial charge in [0.05, 0.1) is 28.4 Å². The lowest BCUT2D eigenvalue weighted by atomic mass is 10.0. The maximum absolute atomic E-state index is 6.19. The topological polar surface area (TPSA) is 46.2 Å². The summed E-state index contributed by atoms with van der Waals surface area (Å²) in [6.45, 7) is 0. The van der Waals surface area contributed by atoms with E-state index >= 15 is 0 Å². The second-order valence-electron chi connectivity index (χ2n) is 8.83. The summed E-state index contributed by atoms with van der Waals surface area (Å²) in [4.78, 5) is 0. The molecule has 0 aliphatic heterocycles. The fourth-order valence-corrected chi connectivity index (χ4v) is 4.19. The van der Waals surface area contributed by atoms with Gasteiger partial charge in [0.2, 0.25) is 0 Å². The van der Waals surface area contributed by atoms with E-state index in [1.807, 2.05) is 36.4 Å². The van der Waals surface area contributed by atoms with Gasteiger partial charge in [0.15, 0.2) is 0 Å². The third kappa shape index (κ3) is 7.43. The molecule has 0 aliphatic rings. The Bertz CT molecular complexity index is 1260. The number of benzene rings is 4. The van der Waals surface area contributed by atoms with Gasteiger partial charge in [-0.2, -0.15) is 0 Å². The lowest BCUT2D eigenvalue weighted by molar-refractivity contribution is 0.393. The van der Waals surface area contributed by atoms with Crippen molar-refractivity contribution in [1.82, 2.24) is 0 Å². The number of ether oxygens (including phenoxy) is 5. The molecule has 0 amide bonds. The zero-order chi connectivity index (χ0) is 26.0. The molecule has 0 unspecified atom stereocenters. The molecule has 4 aromatic rings. The molecule has 4 aromatic carbocycles. The molecular weight excluding hydrogens is 464 g/mol. The van der Waals surface area contributed by atoms with E-state index in [4.69, 9.17) is 23.7 Å². The van der Waals surface area contributed by atoms with Gasteiger partial charge in [0.1, 0.15) is 34.5 Å². The lowest BCUT2D eigenvalue weighted by Crippen LogP contribution is -1.96. The summed E-state index contributed by atoms with van der Waals surface area (Å²) in [5.41, 5.74) is 4.83. The van der Waals surface area contributed by atoms with Crippen molar-refractivity contribution in [2.24, 2.45) is 0 Å². The Morgan fingerprint density at radius 1 is 0.351 bits per heavy atom. The van der Waals surface area contributed by atoms with E-state index in [9.17, 15) is 0 Å². The average Bonchev–Trinajstić information content (AvgIpc) is 2.95. The highest BCUT2D eigenvalue weighted by Crippen LogP contribution is 2.29. The molecule has 0 heterocycles. The van der Waals surface area contributed by atoms with Gasteiger partial charge in [0.25, 0.3) is 0 Å². The Kier molecular flexibility index (Phi) is 8.93. The number of aryl methyl sites for hydroxylation is 4. The maximum Gasteiger partial charge on any atom is 0.131 e. The number of hydrogen-bond donors (Lipinski definition) is 0. The fourth-order valence-electron chi connectivity index (χ4n) is 4.19. The van der Waals surface area contributed by atoms with Crippen LogP contribution in [0.15, 0.2) is 84.9 Å². The molecule has 0 bridgehead atoms. The zero-order valence-electron chi connectivity index (χ0n) is 22.0. The quantitative estimate of drug-likeness (QED) is 0.209. The standard InChI is InChI=1S/C32H34O5/c1-33-27-13-9-23(10-14-27)6-8-26-19-31(36-4)22-32(20-26)37-28-15-11-24(12-16-28)5-7-25-17-29(34-2)21-30(18-25)35-3/h9-22H,5-8H2,1-4H3. The van der Waals surface area contributed by atoms with Crippen LogP contribution in [0.4, 0.5) is 0 Å². The molecule has 37 heavy (non-hydrogen) atoms. The van der Waals surface area contributed by atoms with Crippen molar-refractivity contribution in [3.63, 3.8) is 0 Å². The van der Waals surface area contributed by atoms with Crippen LogP contribution in [0.1, 0.15) is 22.3 Å². The molecule has 0 spiro atoms. The molecule has 0 aliphatic carbocycles. The van der Waals surface area contributed by atoms with Crippen LogP contribution >= 0.6 is 0 Å². The molecule has 0 saturated carbocycles. The molecule has 0 radical (unpaired) electrons. The van der Waals surface area contributed by atoms with Crippen molar-refractivity contribution >= 4 is 0 Å². The number of rotatable bonds is 12. The Morgan fingerprint density at radius 2 is 0.703 bits per heavy atom. The second-order valence-corrected chi connectivity index (χ2v) is 8.83. The van der Waals surface area contributed by atoms with Crippen LogP contribution in [0.2, 0.25) is 0 Å². The largest absolute Gasteiger partial charge is 0.497 e. The molecule has 0 atom stereocenters. The third-order valence-corrected chi connectivity index (χ3v) is 6.31. The summed E-state index contributed by atoms with van der Waals surface area (Å²) in [5.74, 6) is 4.82. The summed E-state index contributed by atoms with van der Waals surface area (Å²) in [6.07, 6.45) is 3.60. The molecule has 5 heteroatoms.